The summed E-state index contributed by atoms with van der Waals surface area (Å²) in [6, 6.07) is 0.822. The van der Waals surface area contributed by atoms with E-state index < -0.39 is 16.4 Å². The van der Waals surface area contributed by atoms with Gasteiger partial charge in [0.1, 0.15) is 5.69 Å². The number of nitrogens with two attached hydrogens (primary N) is 1. The van der Waals surface area contributed by atoms with Gasteiger partial charge in [0.2, 0.25) is 0 Å². The molecule has 2 rings (SSSR count). The van der Waals surface area contributed by atoms with Crippen LogP contribution in [0.2, 0.25) is 0 Å². The Morgan fingerprint density at radius 1 is 1.59 bits per heavy atom. The number of halogens is 2. The Kier molecular flexibility index (Phi) is 4.96. The number of aromatic amines is 1. The van der Waals surface area contributed by atoms with Crippen molar-refractivity contribution in [2.45, 2.75) is 19.8 Å². The van der Waals surface area contributed by atoms with Crippen LogP contribution in [-0.4, -0.2) is 21.7 Å². The minimum absolute atomic E-state index is 0.0976. The molecule has 9 heteroatoms. The predicted octanol–water partition coefficient (Wildman–Crippen LogP) is 3.15. The summed E-state index contributed by atoms with van der Waals surface area (Å²) in [7, 11) is 0. The zero-order chi connectivity index (χ0) is 16.3. The maximum absolute atomic E-state index is 13.9. The average Bonchev–Trinajstić information content (AvgIpc) is 2.87. The van der Waals surface area contributed by atoms with Crippen molar-refractivity contribution in [3.8, 4) is 0 Å². The molecule has 0 spiro atoms. The molecule has 2 aromatic rings. The van der Waals surface area contributed by atoms with Gasteiger partial charge in [0.05, 0.1) is 27.3 Å². The Labute approximate surface area is 134 Å². The Hall–Kier alpha value is -2.16. The van der Waals surface area contributed by atoms with Crippen LogP contribution in [0.1, 0.15) is 17.7 Å². The molecule has 0 unspecified atom stereocenters. The average molecular weight is 372 g/mol. The molecule has 0 aliphatic heterocycles. The topological polar surface area (TPSA) is 110 Å². The second kappa shape index (κ2) is 6.73. The van der Waals surface area contributed by atoms with Crippen molar-refractivity contribution >= 4 is 33.0 Å². The SMILES string of the molecule is Cc1[nH]ncc1CCCNc1c(F)cc([N+](=O)[O-])c(N)c1Br. The van der Waals surface area contributed by atoms with Crippen molar-refractivity contribution in [3.63, 3.8) is 0 Å². The van der Waals surface area contributed by atoms with E-state index in [1.54, 1.807) is 6.20 Å². The van der Waals surface area contributed by atoms with Gasteiger partial charge in [-0.25, -0.2) is 4.39 Å². The summed E-state index contributed by atoms with van der Waals surface area (Å²) >= 11 is 3.11. The third-order valence-electron chi connectivity index (χ3n) is 3.29. The minimum Gasteiger partial charge on any atom is -0.392 e. The highest BCUT2D eigenvalue weighted by Crippen LogP contribution is 2.38. The standard InChI is InChI=1S/C13H15BrFN5O2/c1-7-8(6-18-19-7)3-2-4-17-13-9(15)5-10(20(21)22)12(16)11(13)14/h5-6,17H,2-4,16H2,1H3,(H,18,19). The molecule has 1 heterocycles. The summed E-state index contributed by atoms with van der Waals surface area (Å²) in [6.45, 7) is 2.43. The lowest BCUT2D eigenvalue weighted by molar-refractivity contribution is -0.384. The summed E-state index contributed by atoms with van der Waals surface area (Å²) in [5.41, 5.74) is 7.33. The molecule has 0 saturated heterocycles. The zero-order valence-electron chi connectivity index (χ0n) is 11.8. The van der Waals surface area contributed by atoms with Gasteiger partial charge in [-0.2, -0.15) is 5.10 Å². The van der Waals surface area contributed by atoms with Gasteiger partial charge >= 0.3 is 0 Å². The fourth-order valence-corrected chi connectivity index (χ4v) is 2.59. The highest BCUT2D eigenvalue weighted by Gasteiger charge is 2.21. The van der Waals surface area contributed by atoms with E-state index in [1.807, 2.05) is 6.92 Å². The molecule has 0 atom stereocenters. The van der Waals surface area contributed by atoms with E-state index in [2.05, 4.69) is 31.4 Å². The number of nitro benzene ring substituents is 1. The maximum Gasteiger partial charge on any atom is 0.296 e. The molecular weight excluding hydrogens is 357 g/mol. The molecule has 0 saturated carbocycles. The minimum atomic E-state index is -0.715. The Bertz CT molecular complexity index is 704. The van der Waals surface area contributed by atoms with Crippen LogP contribution >= 0.6 is 15.9 Å². The van der Waals surface area contributed by atoms with Crippen LogP contribution in [0.5, 0.6) is 0 Å². The van der Waals surface area contributed by atoms with E-state index in [0.29, 0.717) is 6.54 Å². The summed E-state index contributed by atoms with van der Waals surface area (Å²) in [5.74, 6) is -0.715. The fraction of sp³-hybridized carbons (Fsp3) is 0.308. The number of aromatic nitrogens is 2. The first-order valence-corrected chi connectivity index (χ1v) is 7.35. The van der Waals surface area contributed by atoms with Crippen LogP contribution in [0, 0.1) is 22.9 Å². The van der Waals surface area contributed by atoms with Crippen LogP contribution in [0.15, 0.2) is 16.7 Å². The van der Waals surface area contributed by atoms with Crippen molar-refractivity contribution in [2.24, 2.45) is 0 Å². The molecule has 0 aliphatic rings. The van der Waals surface area contributed by atoms with Gasteiger partial charge in [0.25, 0.3) is 5.69 Å². The number of nitro groups is 1. The number of rotatable bonds is 6. The predicted molar refractivity (Wildman–Crippen MR) is 85.3 cm³/mol. The lowest BCUT2D eigenvalue weighted by Gasteiger charge is -2.11. The number of aryl methyl sites for hydroxylation is 2. The largest absolute Gasteiger partial charge is 0.392 e. The third-order valence-corrected chi connectivity index (χ3v) is 4.11. The Morgan fingerprint density at radius 3 is 2.91 bits per heavy atom. The van der Waals surface area contributed by atoms with Crippen molar-refractivity contribution in [1.29, 1.82) is 0 Å². The van der Waals surface area contributed by atoms with Crippen molar-refractivity contribution < 1.29 is 9.31 Å². The van der Waals surface area contributed by atoms with Crippen LogP contribution in [-0.2, 0) is 6.42 Å². The van der Waals surface area contributed by atoms with E-state index in [4.69, 9.17) is 5.73 Å². The van der Waals surface area contributed by atoms with Crippen molar-refractivity contribution in [3.05, 3.63) is 43.9 Å². The van der Waals surface area contributed by atoms with Gasteiger partial charge in [-0.05, 0) is 41.3 Å². The van der Waals surface area contributed by atoms with E-state index >= 15 is 0 Å². The first-order chi connectivity index (χ1) is 10.4. The van der Waals surface area contributed by atoms with E-state index in [9.17, 15) is 14.5 Å². The van der Waals surface area contributed by atoms with Crippen LogP contribution in [0.4, 0.5) is 21.5 Å². The molecule has 22 heavy (non-hydrogen) atoms. The van der Waals surface area contributed by atoms with E-state index in [-0.39, 0.29) is 15.8 Å². The number of anilines is 2. The number of hydrogen-bond donors (Lipinski definition) is 3. The van der Waals surface area contributed by atoms with E-state index in [0.717, 1.165) is 30.2 Å². The van der Waals surface area contributed by atoms with Gasteiger partial charge in [-0.3, -0.25) is 15.2 Å². The number of nitrogens with one attached hydrogen (secondary N) is 2. The molecule has 1 aromatic heterocycles. The Balaban J connectivity index is 2.03. The second-order valence-electron chi connectivity index (χ2n) is 4.79. The lowest BCUT2D eigenvalue weighted by Crippen LogP contribution is -2.08. The Morgan fingerprint density at radius 2 is 2.32 bits per heavy atom. The highest BCUT2D eigenvalue weighted by atomic mass is 79.9. The monoisotopic (exact) mass is 371 g/mol. The van der Waals surface area contributed by atoms with Crippen molar-refractivity contribution in [1.82, 2.24) is 10.2 Å². The van der Waals surface area contributed by atoms with Crippen LogP contribution < -0.4 is 11.1 Å². The van der Waals surface area contributed by atoms with Gasteiger partial charge < -0.3 is 11.1 Å². The number of H-pyrrole nitrogens is 1. The van der Waals surface area contributed by atoms with Gasteiger partial charge in [-0.1, -0.05) is 0 Å². The van der Waals surface area contributed by atoms with Crippen LogP contribution in [0.3, 0.4) is 0 Å². The van der Waals surface area contributed by atoms with Gasteiger partial charge in [0.15, 0.2) is 5.82 Å². The number of nitrogen functional groups attached to an aromatic ring is 1. The molecule has 118 valence electrons. The van der Waals surface area contributed by atoms with Gasteiger partial charge in [-0.15, -0.1) is 0 Å². The zero-order valence-corrected chi connectivity index (χ0v) is 13.4. The smallest absolute Gasteiger partial charge is 0.296 e. The third kappa shape index (κ3) is 3.35. The molecule has 4 N–H and O–H groups in total. The molecule has 1 aromatic carbocycles. The number of benzene rings is 1. The number of hydrogen-bond acceptors (Lipinski definition) is 5. The summed E-state index contributed by atoms with van der Waals surface area (Å²) in [6.07, 6.45) is 3.30. The number of nitrogens with zero attached hydrogens (tertiary/aromatic N) is 2. The maximum atomic E-state index is 13.9. The molecule has 0 fully saturated rings. The molecular formula is C13H15BrFN5O2. The van der Waals surface area contributed by atoms with Crippen molar-refractivity contribution in [2.75, 3.05) is 17.6 Å². The van der Waals surface area contributed by atoms with Gasteiger partial charge in [0, 0.05) is 12.2 Å². The summed E-state index contributed by atoms with van der Waals surface area (Å²) in [5, 5.41) is 20.5. The van der Waals surface area contributed by atoms with Crippen LogP contribution in [0.25, 0.3) is 0 Å². The summed E-state index contributed by atoms with van der Waals surface area (Å²) in [4.78, 5) is 10.1. The molecule has 7 nitrogen and oxygen atoms in total. The molecule has 0 bridgehead atoms. The summed E-state index contributed by atoms with van der Waals surface area (Å²) < 4.78 is 14.1. The molecule has 0 radical (unpaired) electrons. The molecule has 0 amide bonds. The lowest BCUT2D eigenvalue weighted by atomic mass is 10.1. The second-order valence-corrected chi connectivity index (χ2v) is 5.58. The quantitative estimate of drug-likeness (QED) is 0.312. The fourth-order valence-electron chi connectivity index (χ4n) is 2.05. The normalized spacial score (nSPS) is 10.7. The first-order valence-electron chi connectivity index (χ1n) is 6.56. The molecule has 0 aliphatic carbocycles. The highest BCUT2D eigenvalue weighted by molar-refractivity contribution is 9.10. The first kappa shape index (κ1) is 16.2. The van der Waals surface area contributed by atoms with E-state index in [1.165, 1.54) is 0 Å².